The second kappa shape index (κ2) is 4.87. The van der Waals surface area contributed by atoms with Crippen molar-refractivity contribution in [3.05, 3.63) is 27.2 Å². The van der Waals surface area contributed by atoms with Crippen molar-refractivity contribution in [3.63, 3.8) is 0 Å². The monoisotopic (exact) mass is 345 g/mol. The van der Waals surface area contributed by atoms with Crippen LogP contribution in [0.25, 0.3) is 0 Å². The summed E-state index contributed by atoms with van der Waals surface area (Å²) in [6.45, 7) is 1.71. The molecule has 1 aromatic carbocycles. The molecule has 3 rings (SSSR count). The van der Waals surface area contributed by atoms with E-state index in [1.807, 2.05) is 12.1 Å². The highest BCUT2D eigenvalue weighted by atomic mass is 79.9. The standard InChI is InChI=1S/C13H13BrClNO3/c14-11-4-8(15)3-9-10-6-16(13(17)18)5-7(10)1-2-19-12(9)11/h3-4,7,10H,1-2,5-6H2,(H,17,18)/t7-,10+/m1/s1. The largest absolute Gasteiger partial charge is 0.492 e. The van der Waals surface area contributed by atoms with Gasteiger partial charge in [0.05, 0.1) is 11.1 Å². The van der Waals surface area contributed by atoms with Gasteiger partial charge in [-0.15, -0.1) is 0 Å². The summed E-state index contributed by atoms with van der Waals surface area (Å²) in [7, 11) is 0. The lowest BCUT2D eigenvalue weighted by atomic mass is 9.87. The van der Waals surface area contributed by atoms with Gasteiger partial charge >= 0.3 is 6.09 Å². The van der Waals surface area contributed by atoms with Crippen LogP contribution in [0.1, 0.15) is 17.9 Å². The van der Waals surface area contributed by atoms with Gasteiger partial charge in [-0.3, -0.25) is 0 Å². The highest BCUT2D eigenvalue weighted by Gasteiger charge is 2.39. The van der Waals surface area contributed by atoms with Crippen LogP contribution in [0.3, 0.4) is 0 Å². The molecule has 0 unspecified atom stereocenters. The maximum Gasteiger partial charge on any atom is 0.407 e. The molecule has 2 atom stereocenters. The number of hydrogen-bond donors (Lipinski definition) is 1. The first-order valence-electron chi connectivity index (χ1n) is 6.16. The molecule has 0 aromatic heterocycles. The highest BCUT2D eigenvalue weighted by Crippen LogP contribution is 2.45. The maximum absolute atomic E-state index is 11.1. The van der Waals surface area contributed by atoms with Crippen molar-refractivity contribution in [2.45, 2.75) is 12.3 Å². The van der Waals surface area contributed by atoms with E-state index in [0.717, 1.165) is 22.2 Å². The highest BCUT2D eigenvalue weighted by molar-refractivity contribution is 9.10. The number of halogens is 2. The van der Waals surface area contributed by atoms with E-state index in [1.165, 1.54) is 4.90 Å². The molecular weight excluding hydrogens is 334 g/mol. The van der Waals surface area contributed by atoms with Crippen molar-refractivity contribution in [2.24, 2.45) is 5.92 Å². The number of carbonyl (C=O) groups is 1. The topological polar surface area (TPSA) is 49.8 Å². The zero-order chi connectivity index (χ0) is 13.6. The van der Waals surface area contributed by atoms with Crippen molar-refractivity contribution >= 4 is 33.6 Å². The van der Waals surface area contributed by atoms with E-state index in [0.29, 0.717) is 30.6 Å². The van der Waals surface area contributed by atoms with Gasteiger partial charge in [0.25, 0.3) is 0 Å². The predicted molar refractivity (Wildman–Crippen MR) is 75.1 cm³/mol. The van der Waals surface area contributed by atoms with Gasteiger partial charge in [0.1, 0.15) is 5.75 Å². The van der Waals surface area contributed by atoms with E-state index in [-0.39, 0.29) is 5.92 Å². The normalized spacial score (nSPS) is 25.3. The molecule has 2 aliphatic rings. The summed E-state index contributed by atoms with van der Waals surface area (Å²) in [5.74, 6) is 1.29. The molecule has 0 aliphatic carbocycles. The second-order valence-electron chi connectivity index (χ2n) is 5.00. The van der Waals surface area contributed by atoms with E-state index in [2.05, 4.69) is 15.9 Å². The van der Waals surface area contributed by atoms with Crippen LogP contribution in [-0.4, -0.2) is 35.8 Å². The predicted octanol–water partition coefficient (Wildman–Crippen LogP) is 3.58. The SMILES string of the molecule is O=C(O)N1C[C@H]2CCOc3c(Br)cc(Cl)cc3[C@H]2C1. The Morgan fingerprint density at radius 1 is 1.47 bits per heavy atom. The van der Waals surface area contributed by atoms with Gasteiger partial charge in [-0.05, 0) is 40.4 Å². The Labute approximate surface area is 124 Å². The molecule has 1 saturated heterocycles. The third-order valence-electron chi connectivity index (χ3n) is 3.88. The van der Waals surface area contributed by atoms with Crippen molar-refractivity contribution < 1.29 is 14.6 Å². The van der Waals surface area contributed by atoms with Crippen LogP contribution < -0.4 is 4.74 Å². The van der Waals surface area contributed by atoms with Gasteiger partial charge in [-0.1, -0.05) is 11.6 Å². The Balaban J connectivity index is 2.03. The summed E-state index contributed by atoms with van der Waals surface area (Å²) < 4.78 is 6.63. The molecule has 1 N–H and O–H groups in total. The van der Waals surface area contributed by atoms with Gasteiger partial charge in [0.2, 0.25) is 0 Å². The van der Waals surface area contributed by atoms with E-state index in [1.54, 1.807) is 0 Å². The number of nitrogens with zero attached hydrogens (tertiary/aromatic N) is 1. The molecule has 4 nitrogen and oxygen atoms in total. The lowest BCUT2D eigenvalue weighted by Crippen LogP contribution is -2.27. The van der Waals surface area contributed by atoms with Crippen molar-refractivity contribution in [1.82, 2.24) is 4.90 Å². The summed E-state index contributed by atoms with van der Waals surface area (Å²) in [6.07, 6.45) is 0.0179. The molecule has 2 heterocycles. The zero-order valence-corrected chi connectivity index (χ0v) is 12.4. The van der Waals surface area contributed by atoms with Gasteiger partial charge in [0, 0.05) is 29.6 Å². The summed E-state index contributed by atoms with van der Waals surface area (Å²) in [6, 6.07) is 3.71. The van der Waals surface area contributed by atoms with Gasteiger partial charge < -0.3 is 14.7 Å². The quantitative estimate of drug-likeness (QED) is 0.781. The Morgan fingerprint density at radius 3 is 3.00 bits per heavy atom. The van der Waals surface area contributed by atoms with Crippen LogP contribution in [0.4, 0.5) is 4.79 Å². The average Bonchev–Trinajstić information content (AvgIpc) is 2.68. The summed E-state index contributed by atoms with van der Waals surface area (Å²) >= 11 is 9.58. The van der Waals surface area contributed by atoms with Gasteiger partial charge in [0.15, 0.2) is 0 Å². The number of carboxylic acid groups (broad SMARTS) is 1. The van der Waals surface area contributed by atoms with E-state index in [4.69, 9.17) is 21.4 Å². The van der Waals surface area contributed by atoms with Crippen LogP contribution >= 0.6 is 27.5 Å². The number of likely N-dealkylation sites (tertiary alicyclic amines) is 1. The number of ether oxygens (including phenoxy) is 1. The van der Waals surface area contributed by atoms with E-state index in [9.17, 15) is 4.79 Å². The number of rotatable bonds is 0. The second-order valence-corrected chi connectivity index (χ2v) is 6.29. The summed E-state index contributed by atoms with van der Waals surface area (Å²) in [5.41, 5.74) is 1.02. The van der Waals surface area contributed by atoms with Crippen LogP contribution in [0.15, 0.2) is 16.6 Å². The molecule has 19 heavy (non-hydrogen) atoms. The fraction of sp³-hybridized carbons (Fsp3) is 0.462. The van der Waals surface area contributed by atoms with Crippen molar-refractivity contribution in [2.75, 3.05) is 19.7 Å². The van der Waals surface area contributed by atoms with Crippen LogP contribution in [0.2, 0.25) is 5.02 Å². The molecule has 2 aliphatic heterocycles. The molecule has 6 heteroatoms. The molecule has 1 aromatic rings. The molecule has 1 amide bonds. The fourth-order valence-corrected chi connectivity index (χ4v) is 3.94. The Morgan fingerprint density at radius 2 is 2.26 bits per heavy atom. The van der Waals surface area contributed by atoms with E-state index < -0.39 is 6.09 Å². The van der Waals surface area contributed by atoms with E-state index >= 15 is 0 Å². The molecule has 1 fully saturated rings. The number of amides is 1. The number of hydrogen-bond acceptors (Lipinski definition) is 2. The first-order valence-corrected chi connectivity index (χ1v) is 7.33. The smallest absolute Gasteiger partial charge is 0.407 e. The lowest BCUT2D eigenvalue weighted by Gasteiger charge is -2.17. The maximum atomic E-state index is 11.1. The molecule has 0 bridgehead atoms. The first kappa shape index (κ1) is 13.1. The molecule has 0 spiro atoms. The third kappa shape index (κ3) is 2.30. The van der Waals surface area contributed by atoms with Gasteiger partial charge in [-0.25, -0.2) is 4.79 Å². The average molecular weight is 347 g/mol. The molecule has 0 radical (unpaired) electrons. The first-order chi connectivity index (χ1) is 9.06. The molecule has 102 valence electrons. The third-order valence-corrected chi connectivity index (χ3v) is 4.69. The van der Waals surface area contributed by atoms with Crippen LogP contribution in [-0.2, 0) is 0 Å². The minimum Gasteiger partial charge on any atom is -0.492 e. The zero-order valence-electron chi connectivity index (χ0n) is 10.1. The lowest BCUT2D eigenvalue weighted by molar-refractivity contribution is 0.152. The minimum absolute atomic E-state index is 0.170. The molecule has 0 saturated carbocycles. The Hall–Kier alpha value is -0.940. The number of benzene rings is 1. The molecular formula is C13H13BrClNO3. The van der Waals surface area contributed by atoms with Crippen LogP contribution in [0.5, 0.6) is 5.75 Å². The van der Waals surface area contributed by atoms with Crippen LogP contribution in [0, 0.1) is 5.92 Å². The van der Waals surface area contributed by atoms with Crippen molar-refractivity contribution in [1.29, 1.82) is 0 Å². The summed E-state index contributed by atoms with van der Waals surface area (Å²) in [4.78, 5) is 12.6. The number of fused-ring (bicyclic) bond motifs is 3. The fourth-order valence-electron chi connectivity index (χ4n) is 2.99. The Bertz CT molecular complexity index is 537. The summed E-state index contributed by atoms with van der Waals surface area (Å²) in [5, 5.41) is 9.79. The minimum atomic E-state index is -0.850. The van der Waals surface area contributed by atoms with Gasteiger partial charge in [-0.2, -0.15) is 0 Å². The Kier molecular flexibility index (Phi) is 3.35. The van der Waals surface area contributed by atoms with Crippen molar-refractivity contribution in [3.8, 4) is 5.75 Å².